The fraction of sp³-hybridized carbons (Fsp3) is 0.148. The van der Waals surface area contributed by atoms with Crippen LogP contribution in [0, 0.1) is 0 Å². The third-order valence-corrected chi connectivity index (χ3v) is 7.17. The summed E-state index contributed by atoms with van der Waals surface area (Å²) in [4.78, 5) is 28.9. The number of aliphatic carboxylic acids is 1. The molecule has 2 heterocycles. The molecule has 36 heavy (non-hydrogen) atoms. The first-order valence-electron chi connectivity index (χ1n) is 11.1. The number of carbonyl (C=O) groups excluding carboxylic acids is 1. The molecule has 4 aromatic rings. The van der Waals surface area contributed by atoms with Gasteiger partial charge in [0.15, 0.2) is 5.78 Å². The Morgan fingerprint density at radius 2 is 1.92 bits per heavy atom. The van der Waals surface area contributed by atoms with Gasteiger partial charge in [0.25, 0.3) is 0 Å². The molecular formula is C27H19Cl2NO5S. The first-order chi connectivity index (χ1) is 17.4. The number of hydrogen-bond acceptors (Lipinski definition) is 6. The Hall–Kier alpha value is -3.39. The van der Waals surface area contributed by atoms with E-state index in [0.717, 1.165) is 16.3 Å². The summed E-state index contributed by atoms with van der Waals surface area (Å²) in [6.07, 6.45) is 0.571. The lowest BCUT2D eigenvalue weighted by atomic mass is 9.93. The van der Waals surface area contributed by atoms with E-state index in [-0.39, 0.29) is 17.2 Å². The summed E-state index contributed by atoms with van der Waals surface area (Å²) in [6, 6.07) is 17.4. The predicted molar refractivity (Wildman–Crippen MR) is 139 cm³/mol. The number of hydrogen-bond donors (Lipinski definition) is 1. The Morgan fingerprint density at radius 1 is 1.11 bits per heavy atom. The van der Waals surface area contributed by atoms with Gasteiger partial charge in [0.2, 0.25) is 0 Å². The van der Waals surface area contributed by atoms with Crippen LogP contribution in [-0.2, 0) is 11.2 Å². The lowest BCUT2D eigenvalue weighted by Crippen LogP contribution is -2.20. The molecule has 3 aromatic carbocycles. The normalized spacial score (nSPS) is 14.6. The number of benzene rings is 3. The van der Waals surface area contributed by atoms with Gasteiger partial charge in [0, 0.05) is 33.2 Å². The van der Waals surface area contributed by atoms with Gasteiger partial charge in [-0.1, -0.05) is 35.3 Å². The second-order valence-electron chi connectivity index (χ2n) is 8.21. The summed E-state index contributed by atoms with van der Waals surface area (Å²) in [5.41, 5.74) is 2.76. The van der Waals surface area contributed by atoms with Crippen molar-refractivity contribution in [3.63, 3.8) is 0 Å². The minimum absolute atomic E-state index is 0.0616. The fourth-order valence-corrected chi connectivity index (χ4v) is 5.18. The van der Waals surface area contributed by atoms with Gasteiger partial charge in [-0.25, -0.2) is 4.98 Å². The zero-order chi connectivity index (χ0) is 25.2. The second-order valence-corrected chi connectivity index (χ2v) is 10.00. The summed E-state index contributed by atoms with van der Waals surface area (Å²) < 4.78 is 11.5. The van der Waals surface area contributed by atoms with Gasteiger partial charge in [0.05, 0.1) is 29.7 Å². The highest BCUT2D eigenvalue weighted by Gasteiger charge is 2.29. The molecule has 6 nitrogen and oxygen atoms in total. The summed E-state index contributed by atoms with van der Waals surface area (Å²) in [5.74, 6) is -0.366. The summed E-state index contributed by atoms with van der Waals surface area (Å²) in [7, 11) is 0. The van der Waals surface area contributed by atoms with Crippen LogP contribution in [0.25, 0.3) is 11.3 Å². The quantitative estimate of drug-likeness (QED) is 0.248. The van der Waals surface area contributed by atoms with E-state index in [9.17, 15) is 14.7 Å². The third-order valence-electron chi connectivity index (χ3n) is 5.79. The number of ketones is 1. The van der Waals surface area contributed by atoms with Crippen LogP contribution in [0.1, 0.15) is 33.3 Å². The van der Waals surface area contributed by atoms with Crippen LogP contribution in [0.4, 0.5) is 0 Å². The molecule has 182 valence electrons. The summed E-state index contributed by atoms with van der Waals surface area (Å²) in [6.45, 7) is 0.307. The molecule has 5 rings (SSSR count). The third kappa shape index (κ3) is 5.23. The zero-order valence-electron chi connectivity index (χ0n) is 18.7. The van der Waals surface area contributed by atoms with E-state index in [0.29, 0.717) is 46.4 Å². The number of carboxylic acid groups (broad SMARTS) is 1. The summed E-state index contributed by atoms with van der Waals surface area (Å²) in [5, 5.41) is 13.0. The Kier molecular flexibility index (Phi) is 6.96. The first kappa shape index (κ1) is 24.3. The maximum atomic E-state index is 12.8. The fourth-order valence-electron chi connectivity index (χ4n) is 3.97. The van der Waals surface area contributed by atoms with Crippen molar-refractivity contribution in [1.82, 2.24) is 4.98 Å². The molecule has 0 fully saturated rings. The van der Waals surface area contributed by atoms with Gasteiger partial charge in [-0.2, -0.15) is 0 Å². The van der Waals surface area contributed by atoms with Gasteiger partial charge >= 0.3 is 5.97 Å². The zero-order valence-corrected chi connectivity index (χ0v) is 21.1. The maximum Gasteiger partial charge on any atom is 0.311 e. The highest BCUT2D eigenvalue weighted by molar-refractivity contribution is 7.10. The number of carbonyl (C=O) groups is 2. The molecule has 0 bridgehead atoms. The molecule has 1 aliphatic rings. The lowest BCUT2D eigenvalue weighted by molar-refractivity contribution is -0.139. The van der Waals surface area contributed by atoms with Crippen LogP contribution >= 0.6 is 34.5 Å². The number of aromatic nitrogens is 1. The van der Waals surface area contributed by atoms with Crippen molar-refractivity contribution in [2.75, 3.05) is 6.61 Å². The average molecular weight is 540 g/mol. The van der Waals surface area contributed by atoms with Crippen LogP contribution in [0.15, 0.2) is 66.0 Å². The van der Waals surface area contributed by atoms with Crippen molar-refractivity contribution >= 4 is 46.3 Å². The van der Waals surface area contributed by atoms with E-state index < -0.39 is 11.9 Å². The second kappa shape index (κ2) is 10.3. The molecular weight excluding hydrogens is 521 g/mol. The van der Waals surface area contributed by atoms with Crippen molar-refractivity contribution in [3.05, 3.63) is 92.2 Å². The highest BCUT2D eigenvalue weighted by atomic mass is 35.5. The Morgan fingerprint density at radius 3 is 2.67 bits per heavy atom. The molecule has 0 saturated heterocycles. The van der Waals surface area contributed by atoms with Crippen molar-refractivity contribution in [2.45, 2.75) is 18.8 Å². The predicted octanol–water partition coefficient (Wildman–Crippen LogP) is 7.29. The van der Waals surface area contributed by atoms with Gasteiger partial charge in [0.1, 0.15) is 22.3 Å². The number of ether oxygens (including phenoxy) is 2. The van der Waals surface area contributed by atoms with Crippen LogP contribution < -0.4 is 9.47 Å². The molecule has 0 radical (unpaired) electrons. The maximum absolute atomic E-state index is 12.8. The van der Waals surface area contributed by atoms with E-state index in [1.165, 1.54) is 11.3 Å². The Labute approximate surface area is 221 Å². The van der Waals surface area contributed by atoms with Crippen molar-refractivity contribution < 1.29 is 24.2 Å². The first-order valence-corrected chi connectivity index (χ1v) is 12.7. The van der Waals surface area contributed by atoms with Gasteiger partial charge in [-0.05, 0) is 48.9 Å². The standard InChI is InChI=1S/C27H19Cl2NO5S/c28-17-3-1-2-16(10-17)22-14-36-26(30-22)12-23(31)15-4-6-18(7-5-15)35-25-13-24-20(11-21(25)29)19(27(32)33)8-9-34-24/h1-7,10-11,13-14,19H,8-9,12H2,(H,32,33). The number of rotatable bonds is 7. The molecule has 0 aliphatic carbocycles. The molecule has 1 unspecified atom stereocenters. The van der Waals surface area contributed by atoms with Gasteiger partial charge in [-0.15, -0.1) is 11.3 Å². The number of Topliss-reactive ketones (excluding diaryl/α,β-unsaturated/α-hetero) is 1. The lowest BCUT2D eigenvalue weighted by Gasteiger charge is -2.24. The molecule has 1 aliphatic heterocycles. The van der Waals surface area contributed by atoms with E-state index >= 15 is 0 Å². The minimum atomic E-state index is -0.914. The van der Waals surface area contributed by atoms with Crippen molar-refractivity contribution in [3.8, 4) is 28.5 Å². The number of halogens is 2. The molecule has 1 N–H and O–H groups in total. The minimum Gasteiger partial charge on any atom is -0.493 e. The van der Waals surface area contributed by atoms with E-state index in [1.807, 2.05) is 23.6 Å². The van der Waals surface area contributed by atoms with Crippen LogP contribution in [-0.4, -0.2) is 28.4 Å². The van der Waals surface area contributed by atoms with Gasteiger partial charge in [-0.3, -0.25) is 9.59 Å². The number of fused-ring (bicyclic) bond motifs is 1. The summed E-state index contributed by atoms with van der Waals surface area (Å²) >= 11 is 13.9. The monoisotopic (exact) mass is 539 g/mol. The van der Waals surface area contributed by atoms with Crippen LogP contribution in [0.3, 0.4) is 0 Å². The Balaban J connectivity index is 1.27. The average Bonchev–Trinajstić information content (AvgIpc) is 3.33. The topological polar surface area (TPSA) is 85.7 Å². The highest BCUT2D eigenvalue weighted by Crippen LogP contribution is 2.41. The smallest absolute Gasteiger partial charge is 0.311 e. The van der Waals surface area contributed by atoms with Gasteiger partial charge < -0.3 is 14.6 Å². The molecule has 1 atom stereocenters. The molecule has 0 saturated carbocycles. The number of carboxylic acids is 1. The van der Waals surface area contributed by atoms with E-state index in [2.05, 4.69) is 4.98 Å². The SMILES string of the molecule is O=C(Cc1nc(-c2cccc(Cl)c2)cs1)c1ccc(Oc2cc3c(cc2Cl)C(C(=O)O)CCO3)cc1. The molecule has 0 amide bonds. The van der Waals surface area contributed by atoms with Crippen molar-refractivity contribution in [2.24, 2.45) is 0 Å². The van der Waals surface area contributed by atoms with Crippen LogP contribution in [0.2, 0.25) is 10.0 Å². The molecule has 0 spiro atoms. The Bertz CT molecular complexity index is 1450. The number of nitrogens with zero attached hydrogens (tertiary/aromatic N) is 1. The molecule has 1 aromatic heterocycles. The number of thiazole rings is 1. The van der Waals surface area contributed by atoms with Crippen molar-refractivity contribution in [1.29, 1.82) is 0 Å². The van der Waals surface area contributed by atoms with E-state index in [4.69, 9.17) is 32.7 Å². The molecule has 9 heteroatoms. The van der Waals surface area contributed by atoms with E-state index in [1.54, 1.807) is 42.5 Å². The van der Waals surface area contributed by atoms with Crippen LogP contribution in [0.5, 0.6) is 17.2 Å². The largest absolute Gasteiger partial charge is 0.493 e.